The Morgan fingerprint density at radius 3 is 2.76 bits per heavy atom. The molecule has 1 atom stereocenters. The molecule has 0 aliphatic carbocycles. The number of rotatable bonds is 6. The van der Waals surface area contributed by atoms with Crippen molar-refractivity contribution in [2.24, 2.45) is 0 Å². The van der Waals surface area contributed by atoms with E-state index in [1.165, 1.54) is 6.26 Å². The number of aliphatic carboxylic acids is 1. The van der Waals surface area contributed by atoms with Crippen LogP contribution in [0.25, 0.3) is 0 Å². The lowest BCUT2D eigenvalue weighted by Crippen LogP contribution is -2.48. The van der Waals surface area contributed by atoms with Gasteiger partial charge >= 0.3 is 12.0 Å². The van der Waals surface area contributed by atoms with Gasteiger partial charge in [0, 0.05) is 13.0 Å². The molecule has 0 aliphatic heterocycles. The second-order valence-electron chi connectivity index (χ2n) is 3.30. The highest BCUT2D eigenvalue weighted by atomic mass is 16.4. The number of hydrogen-bond donors (Lipinski definition) is 4. The van der Waals surface area contributed by atoms with Gasteiger partial charge in [0.05, 0.1) is 12.9 Å². The van der Waals surface area contributed by atoms with Crippen LogP contribution in [-0.2, 0) is 11.2 Å². The fourth-order valence-corrected chi connectivity index (χ4v) is 1.15. The van der Waals surface area contributed by atoms with Crippen LogP contribution in [0.1, 0.15) is 5.76 Å². The van der Waals surface area contributed by atoms with Gasteiger partial charge in [-0.1, -0.05) is 0 Å². The summed E-state index contributed by atoms with van der Waals surface area (Å²) in [5, 5.41) is 21.8. The molecule has 0 saturated heterocycles. The number of amides is 2. The molecule has 0 bridgehead atoms. The summed E-state index contributed by atoms with van der Waals surface area (Å²) >= 11 is 0. The largest absolute Gasteiger partial charge is 0.480 e. The molecule has 17 heavy (non-hydrogen) atoms. The molecule has 0 saturated carbocycles. The number of carbonyl (C=O) groups is 2. The average molecular weight is 242 g/mol. The van der Waals surface area contributed by atoms with E-state index in [2.05, 4.69) is 10.6 Å². The van der Waals surface area contributed by atoms with Crippen molar-refractivity contribution in [2.45, 2.75) is 12.5 Å². The minimum Gasteiger partial charge on any atom is -0.480 e. The maximum Gasteiger partial charge on any atom is 0.328 e. The van der Waals surface area contributed by atoms with Crippen molar-refractivity contribution in [2.75, 3.05) is 13.2 Å². The van der Waals surface area contributed by atoms with Crippen LogP contribution in [0.3, 0.4) is 0 Å². The lowest BCUT2D eigenvalue weighted by Gasteiger charge is -2.12. The zero-order valence-electron chi connectivity index (χ0n) is 9.05. The normalized spacial score (nSPS) is 11.8. The number of carbonyl (C=O) groups excluding carboxylic acids is 1. The molecule has 0 spiro atoms. The second-order valence-corrected chi connectivity index (χ2v) is 3.30. The fraction of sp³-hybridized carbons (Fsp3) is 0.400. The van der Waals surface area contributed by atoms with Crippen molar-refractivity contribution in [3.8, 4) is 0 Å². The SMILES string of the molecule is O=C(NCCc1ccco1)N[C@@H](CO)C(=O)O. The van der Waals surface area contributed by atoms with E-state index in [0.717, 1.165) is 5.76 Å². The van der Waals surface area contributed by atoms with Gasteiger partial charge in [-0.15, -0.1) is 0 Å². The topological polar surface area (TPSA) is 112 Å². The smallest absolute Gasteiger partial charge is 0.328 e. The van der Waals surface area contributed by atoms with Crippen molar-refractivity contribution in [3.05, 3.63) is 24.2 Å². The van der Waals surface area contributed by atoms with Gasteiger partial charge in [0.2, 0.25) is 0 Å². The van der Waals surface area contributed by atoms with Crippen LogP contribution in [0.2, 0.25) is 0 Å². The summed E-state index contributed by atoms with van der Waals surface area (Å²) in [4.78, 5) is 21.7. The number of carboxylic acids is 1. The van der Waals surface area contributed by atoms with E-state index in [-0.39, 0.29) is 0 Å². The van der Waals surface area contributed by atoms with Crippen LogP contribution in [-0.4, -0.2) is 41.4 Å². The van der Waals surface area contributed by atoms with E-state index in [1.54, 1.807) is 12.1 Å². The number of furan rings is 1. The first-order chi connectivity index (χ1) is 8.13. The molecule has 1 aromatic rings. The first-order valence-electron chi connectivity index (χ1n) is 5.04. The van der Waals surface area contributed by atoms with Crippen molar-refractivity contribution in [1.82, 2.24) is 10.6 Å². The Morgan fingerprint density at radius 1 is 1.47 bits per heavy atom. The molecule has 0 aromatic carbocycles. The van der Waals surface area contributed by atoms with Gasteiger partial charge in [0.25, 0.3) is 0 Å². The van der Waals surface area contributed by atoms with E-state index in [9.17, 15) is 9.59 Å². The molecule has 0 radical (unpaired) electrons. The second kappa shape index (κ2) is 6.54. The van der Waals surface area contributed by atoms with E-state index in [4.69, 9.17) is 14.6 Å². The highest BCUT2D eigenvalue weighted by Crippen LogP contribution is 1.99. The van der Waals surface area contributed by atoms with E-state index in [0.29, 0.717) is 13.0 Å². The summed E-state index contributed by atoms with van der Waals surface area (Å²) in [5.74, 6) is -0.559. The maximum atomic E-state index is 11.2. The summed E-state index contributed by atoms with van der Waals surface area (Å²) in [7, 11) is 0. The van der Waals surface area contributed by atoms with Gasteiger partial charge in [0.1, 0.15) is 5.76 Å². The maximum absolute atomic E-state index is 11.2. The standard InChI is InChI=1S/C10H14N2O5/c13-6-8(9(14)15)12-10(16)11-4-3-7-2-1-5-17-7/h1-2,5,8,13H,3-4,6H2,(H,14,15)(H2,11,12,16)/t8-/m0/s1. The minimum atomic E-state index is -1.29. The lowest BCUT2D eigenvalue weighted by molar-refractivity contribution is -0.140. The van der Waals surface area contributed by atoms with Crippen LogP contribution < -0.4 is 10.6 Å². The Kier molecular flexibility index (Phi) is 5.02. The molecule has 7 nitrogen and oxygen atoms in total. The van der Waals surface area contributed by atoms with E-state index < -0.39 is 24.6 Å². The summed E-state index contributed by atoms with van der Waals surface area (Å²) in [5.41, 5.74) is 0. The predicted molar refractivity (Wildman–Crippen MR) is 57.5 cm³/mol. The molecule has 2 amide bonds. The number of aliphatic hydroxyl groups excluding tert-OH is 1. The monoisotopic (exact) mass is 242 g/mol. The number of nitrogens with one attached hydrogen (secondary N) is 2. The minimum absolute atomic E-state index is 0.317. The molecule has 0 aliphatic rings. The summed E-state index contributed by atoms with van der Waals surface area (Å²) in [6.45, 7) is -0.335. The molecule has 7 heteroatoms. The fourth-order valence-electron chi connectivity index (χ4n) is 1.15. The number of urea groups is 1. The first kappa shape index (κ1) is 13.0. The van der Waals surface area contributed by atoms with Crippen LogP contribution >= 0.6 is 0 Å². The van der Waals surface area contributed by atoms with Crippen LogP contribution in [0.5, 0.6) is 0 Å². The Hall–Kier alpha value is -2.02. The Balaban J connectivity index is 2.23. The number of aliphatic hydroxyl groups is 1. The van der Waals surface area contributed by atoms with Gasteiger partial charge < -0.3 is 25.3 Å². The van der Waals surface area contributed by atoms with Gasteiger partial charge in [-0.25, -0.2) is 9.59 Å². The Bertz CT molecular complexity index is 363. The van der Waals surface area contributed by atoms with E-state index in [1.807, 2.05) is 0 Å². The zero-order valence-corrected chi connectivity index (χ0v) is 9.05. The Morgan fingerprint density at radius 2 is 2.24 bits per heavy atom. The quantitative estimate of drug-likeness (QED) is 0.540. The van der Waals surface area contributed by atoms with Crippen LogP contribution in [0, 0.1) is 0 Å². The molecular weight excluding hydrogens is 228 g/mol. The van der Waals surface area contributed by atoms with Gasteiger partial charge in [-0.2, -0.15) is 0 Å². The van der Waals surface area contributed by atoms with Crippen molar-refractivity contribution in [1.29, 1.82) is 0 Å². The Labute approximate surface area is 97.4 Å². The highest BCUT2D eigenvalue weighted by molar-refractivity contribution is 5.82. The average Bonchev–Trinajstić information content (AvgIpc) is 2.78. The summed E-state index contributed by atoms with van der Waals surface area (Å²) in [6.07, 6.45) is 2.04. The summed E-state index contributed by atoms with van der Waals surface area (Å²) < 4.78 is 5.05. The van der Waals surface area contributed by atoms with E-state index >= 15 is 0 Å². The highest BCUT2D eigenvalue weighted by Gasteiger charge is 2.18. The predicted octanol–water partition coefficient (Wildman–Crippen LogP) is -0.433. The van der Waals surface area contributed by atoms with Crippen molar-refractivity contribution >= 4 is 12.0 Å². The van der Waals surface area contributed by atoms with Crippen molar-refractivity contribution < 1.29 is 24.2 Å². The van der Waals surface area contributed by atoms with Gasteiger partial charge in [-0.3, -0.25) is 0 Å². The van der Waals surface area contributed by atoms with Gasteiger partial charge in [-0.05, 0) is 12.1 Å². The third-order valence-electron chi connectivity index (χ3n) is 2.02. The number of carboxylic acid groups (broad SMARTS) is 1. The lowest BCUT2D eigenvalue weighted by atomic mass is 10.3. The molecule has 4 N–H and O–H groups in total. The molecule has 0 fully saturated rings. The van der Waals surface area contributed by atoms with Crippen LogP contribution in [0.15, 0.2) is 22.8 Å². The molecule has 1 aromatic heterocycles. The van der Waals surface area contributed by atoms with Gasteiger partial charge in [0.15, 0.2) is 6.04 Å². The molecular formula is C10H14N2O5. The third-order valence-corrected chi connectivity index (χ3v) is 2.02. The zero-order chi connectivity index (χ0) is 12.7. The summed E-state index contributed by atoms with van der Waals surface area (Å²) in [6, 6.07) is 1.58. The molecule has 1 rings (SSSR count). The van der Waals surface area contributed by atoms with Crippen molar-refractivity contribution in [3.63, 3.8) is 0 Å². The number of hydrogen-bond acceptors (Lipinski definition) is 4. The third kappa shape index (κ3) is 4.56. The first-order valence-corrected chi connectivity index (χ1v) is 5.04. The molecule has 1 heterocycles. The molecule has 0 unspecified atom stereocenters. The molecule has 94 valence electrons. The van der Waals surface area contributed by atoms with Crippen LogP contribution in [0.4, 0.5) is 4.79 Å².